The molecule has 0 N–H and O–H groups in total. The second-order valence-electron chi connectivity index (χ2n) is 1.98. The maximum absolute atomic E-state index is 5.05. The highest BCUT2D eigenvalue weighted by Crippen LogP contribution is 2.06. The van der Waals surface area contributed by atoms with Gasteiger partial charge in [-0.3, -0.25) is 0 Å². The molecule has 8 heavy (non-hydrogen) atoms. The summed E-state index contributed by atoms with van der Waals surface area (Å²) in [4.78, 5) is 0. The standard InChI is InChI=1S/C5H10BO2/c1-2-3-5-4-7-6-8-5/h5H,2-4H2,1H3. The van der Waals surface area contributed by atoms with Gasteiger partial charge in [-0.2, -0.15) is 0 Å². The van der Waals surface area contributed by atoms with Gasteiger partial charge in [0.05, 0.1) is 12.7 Å². The molecule has 45 valence electrons. The molecule has 0 aromatic rings. The third-order valence-corrected chi connectivity index (χ3v) is 1.21. The molecule has 0 aliphatic carbocycles. The average molecular weight is 113 g/mol. The van der Waals surface area contributed by atoms with Crippen LogP contribution in [0.4, 0.5) is 0 Å². The minimum Gasteiger partial charge on any atom is -0.411 e. The van der Waals surface area contributed by atoms with Crippen molar-refractivity contribution in [1.82, 2.24) is 0 Å². The molecule has 3 heteroatoms. The van der Waals surface area contributed by atoms with Crippen molar-refractivity contribution in [2.45, 2.75) is 25.9 Å². The zero-order valence-corrected chi connectivity index (χ0v) is 5.09. The van der Waals surface area contributed by atoms with E-state index in [0.29, 0.717) is 6.10 Å². The summed E-state index contributed by atoms with van der Waals surface area (Å²) in [6.07, 6.45) is 2.61. The number of hydrogen-bond donors (Lipinski definition) is 0. The Morgan fingerprint density at radius 1 is 1.75 bits per heavy atom. The van der Waals surface area contributed by atoms with Crippen LogP contribution in [0.15, 0.2) is 0 Å². The van der Waals surface area contributed by atoms with Gasteiger partial charge in [0.2, 0.25) is 0 Å². The van der Waals surface area contributed by atoms with Crippen LogP contribution in [0.2, 0.25) is 0 Å². The van der Waals surface area contributed by atoms with Gasteiger partial charge in [0.1, 0.15) is 0 Å². The quantitative estimate of drug-likeness (QED) is 0.491. The van der Waals surface area contributed by atoms with Crippen LogP contribution in [0, 0.1) is 0 Å². The normalized spacial score (nSPS) is 27.9. The maximum atomic E-state index is 5.05. The van der Waals surface area contributed by atoms with E-state index in [1.165, 1.54) is 14.1 Å². The molecule has 1 aliphatic rings. The first-order chi connectivity index (χ1) is 3.93. The Balaban J connectivity index is 2.06. The second kappa shape index (κ2) is 3.10. The summed E-state index contributed by atoms with van der Waals surface area (Å²) in [6, 6.07) is 0. The van der Waals surface area contributed by atoms with Crippen molar-refractivity contribution in [2.75, 3.05) is 6.61 Å². The first-order valence-electron chi connectivity index (χ1n) is 3.02. The maximum Gasteiger partial charge on any atom is 0.488 e. The van der Waals surface area contributed by atoms with Crippen molar-refractivity contribution < 1.29 is 9.31 Å². The number of rotatable bonds is 2. The van der Waals surface area contributed by atoms with Crippen LogP contribution in [-0.4, -0.2) is 20.4 Å². The zero-order valence-electron chi connectivity index (χ0n) is 5.09. The van der Waals surface area contributed by atoms with Crippen LogP contribution in [0.25, 0.3) is 0 Å². The molecule has 0 spiro atoms. The third-order valence-electron chi connectivity index (χ3n) is 1.21. The van der Waals surface area contributed by atoms with Gasteiger partial charge >= 0.3 is 7.69 Å². The molecule has 1 radical (unpaired) electrons. The summed E-state index contributed by atoms with van der Waals surface area (Å²) in [7, 11) is 1.43. The molecular weight excluding hydrogens is 103 g/mol. The Labute approximate surface area is 50.5 Å². The highest BCUT2D eigenvalue weighted by molar-refractivity contribution is 6.18. The average Bonchev–Trinajstić information content (AvgIpc) is 2.19. The molecule has 1 fully saturated rings. The van der Waals surface area contributed by atoms with Crippen molar-refractivity contribution in [3.8, 4) is 0 Å². The Morgan fingerprint density at radius 2 is 2.62 bits per heavy atom. The van der Waals surface area contributed by atoms with Crippen LogP contribution in [0.1, 0.15) is 19.8 Å². The molecule has 1 aliphatic heterocycles. The van der Waals surface area contributed by atoms with Gasteiger partial charge in [-0.25, -0.2) is 0 Å². The lowest BCUT2D eigenvalue weighted by molar-refractivity contribution is 0.223. The molecule has 0 bridgehead atoms. The first kappa shape index (κ1) is 6.11. The van der Waals surface area contributed by atoms with E-state index in [0.717, 1.165) is 13.0 Å². The fraction of sp³-hybridized carbons (Fsp3) is 1.00. The molecule has 1 heterocycles. The summed E-state index contributed by atoms with van der Waals surface area (Å²) < 4.78 is 9.91. The Hall–Kier alpha value is -0.0151. The van der Waals surface area contributed by atoms with Gasteiger partial charge in [0, 0.05) is 0 Å². The summed E-state index contributed by atoms with van der Waals surface area (Å²) in [6.45, 7) is 2.88. The van der Waals surface area contributed by atoms with Gasteiger partial charge < -0.3 is 9.31 Å². The summed E-state index contributed by atoms with van der Waals surface area (Å²) in [5.41, 5.74) is 0. The van der Waals surface area contributed by atoms with Crippen LogP contribution in [0.5, 0.6) is 0 Å². The molecular formula is C5H10BO2. The van der Waals surface area contributed by atoms with Gasteiger partial charge in [0.15, 0.2) is 0 Å². The zero-order chi connectivity index (χ0) is 5.82. The molecule has 0 aromatic heterocycles. The van der Waals surface area contributed by atoms with Crippen LogP contribution in [0.3, 0.4) is 0 Å². The van der Waals surface area contributed by atoms with E-state index < -0.39 is 0 Å². The topological polar surface area (TPSA) is 18.5 Å². The van der Waals surface area contributed by atoms with Crippen molar-refractivity contribution in [3.63, 3.8) is 0 Å². The second-order valence-corrected chi connectivity index (χ2v) is 1.98. The monoisotopic (exact) mass is 113 g/mol. The minimum absolute atomic E-state index is 0.333. The Kier molecular flexibility index (Phi) is 2.37. The first-order valence-corrected chi connectivity index (χ1v) is 3.02. The fourth-order valence-electron chi connectivity index (χ4n) is 0.777. The largest absolute Gasteiger partial charge is 0.488 e. The van der Waals surface area contributed by atoms with E-state index in [9.17, 15) is 0 Å². The van der Waals surface area contributed by atoms with E-state index in [4.69, 9.17) is 9.31 Å². The van der Waals surface area contributed by atoms with Crippen molar-refractivity contribution in [3.05, 3.63) is 0 Å². The fourth-order valence-corrected chi connectivity index (χ4v) is 0.777. The molecule has 1 unspecified atom stereocenters. The van der Waals surface area contributed by atoms with E-state index >= 15 is 0 Å². The summed E-state index contributed by atoms with van der Waals surface area (Å²) in [5, 5.41) is 0. The van der Waals surface area contributed by atoms with E-state index in [2.05, 4.69) is 6.92 Å². The molecule has 1 rings (SSSR count). The van der Waals surface area contributed by atoms with E-state index in [-0.39, 0.29) is 0 Å². The smallest absolute Gasteiger partial charge is 0.411 e. The molecule has 1 saturated heterocycles. The predicted molar refractivity (Wildman–Crippen MR) is 31.5 cm³/mol. The third kappa shape index (κ3) is 1.49. The van der Waals surface area contributed by atoms with E-state index in [1.54, 1.807) is 0 Å². The molecule has 0 aromatic carbocycles. The van der Waals surface area contributed by atoms with Gasteiger partial charge in [-0.15, -0.1) is 0 Å². The number of hydrogen-bond acceptors (Lipinski definition) is 2. The molecule has 1 atom stereocenters. The van der Waals surface area contributed by atoms with Crippen LogP contribution < -0.4 is 0 Å². The highest BCUT2D eigenvalue weighted by Gasteiger charge is 2.15. The molecule has 2 nitrogen and oxygen atoms in total. The van der Waals surface area contributed by atoms with Crippen molar-refractivity contribution >= 4 is 7.69 Å². The lowest BCUT2D eigenvalue weighted by atomic mass is 10.2. The highest BCUT2D eigenvalue weighted by atomic mass is 16.6. The Bertz CT molecular complexity index is 61.4. The van der Waals surface area contributed by atoms with Crippen LogP contribution in [-0.2, 0) is 9.31 Å². The van der Waals surface area contributed by atoms with Crippen molar-refractivity contribution in [2.24, 2.45) is 0 Å². The molecule has 0 saturated carbocycles. The summed E-state index contributed by atoms with van der Waals surface area (Å²) in [5.74, 6) is 0. The van der Waals surface area contributed by atoms with Gasteiger partial charge in [-0.05, 0) is 6.42 Å². The van der Waals surface area contributed by atoms with Gasteiger partial charge in [-0.1, -0.05) is 13.3 Å². The van der Waals surface area contributed by atoms with E-state index in [1.807, 2.05) is 0 Å². The molecule has 0 amide bonds. The van der Waals surface area contributed by atoms with Crippen LogP contribution >= 0.6 is 0 Å². The lowest BCUT2D eigenvalue weighted by Crippen LogP contribution is -2.07. The SMILES string of the molecule is CCCC1CO[B]O1. The van der Waals surface area contributed by atoms with Crippen molar-refractivity contribution in [1.29, 1.82) is 0 Å². The lowest BCUT2D eigenvalue weighted by Gasteiger charge is -2.03. The summed E-state index contributed by atoms with van der Waals surface area (Å²) >= 11 is 0. The Morgan fingerprint density at radius 3 is 3.12 bits per heavy atom. The van der Waals surface area contributed by atoms with Gasteiger partial charge in [0.25, 0.3) is 0 Å². The predicted octanol–water partition coefficient (Wildman–Crippen LogP) is 0.736. The minimum atomic E-state index is 0.333.